The molecule has 1 fully saturated rings. The third-order valence-corrected chi connectivity index (χ3v) is 4.22. The van der Waals surface area contributed by atoms with Crippen molar-refractivity contribution < 1.29 is 4.79 Å². The van der Waals surface area contributed by atoms with Gasteiger partial charge < -0.3 is 10.6 Å². The van der Waals surface area contributed by atoms with Gasteiger partial charge in [0, 0.05) is 19.6 Å². The highest BCUT2D eigenvalue weighted by Crippen LogP contribution is 2.35. The van der Waals surface area contributed by atoms with Crippen molar-refractivity contribution in [2.75, 3.05) is 13.6 Å². The van der Waals surface area contributed by atoms with Crippen LogP contribution in [0.4, 0.5) is 0 Å². The summed E-state index contributed by atoms with van der Waals surface area (Å²) >= 11 is 0. The van der Waals surface area contributed by atoms with Gasteiger partial charge >= 0.3 is 0 Å². The SMILES string of the molecule is CC(C1CC1)N(C)C(=O)C(CN)Cc1ccccc1. The molecule has 0 aliphatic heterocycles. The van der Waals surface area contributed by atoms with Crippen molar-refractivity contribution in [3.8, 4) is 0 Å². The van der Waals surface area contributed by atoms with E-state index in [0.29, 0.717) is 18.5 Å². The lowest BCUT2D eigenvalue weighted by molar-refractivity contribution is -0.136. The molecule has 1 aromatic carbocycles. The van der Waals surface area contributed by atoms with Gasteiger partial charge in [0.05, 0.1) is 5.92 Å². The zero-order valence-electron chi connectivity index (χ0n) is 11.9. The van der Waals surface area contributed by atoms with E-state index in [1.165, 1.54) is 18.4 Å². The number of hydrogen-bond donors (Lipinski definition) is 1. The van der Waals surface area contributed by atoms with Crippen LogP contribution >= 0.6 is 0 Å². The largest absolute Gasteiger partial charge is 0.342 e. The number of hydrogen-bond acceptors (Lipinski definition) is 2. The Morgan fingerprint density at radius 3 is 2.53 bits per heavy atom. The number of carbonyl (C=O) groups is 1. The standard InChI is InChI=1S/C16H24N2O/c1-12(14-8-9-14)18(2)16(19)15(11-17)10-13-6-4-3-5-7-13/h3-7,12,14-15H,8-11,17H2,1-2H3. The second-order valence-electron chi connectivity index (χ2n) is 5.65. The Morgan fingerprint density at radius 1 is 1.37 bits per heavy atom. The van der Waals surface area contributed by atoms with Crippen LogP contribution in [0, 0.1) is 11.8 Å². The summed E-state index contributed by atoms with van der Waals surface area (Å²) in [5, 5.41) is 0. The van der Waals surface area contributed by atoms with Crippen molar-refractivity contribution in [2.45, 2.75) is 32.2 Å². The molecule has 2 N–H and O–H groups in total. The van der Waals surface area contributed by atoms with Crippen LogP contribution in [0.1, 0.15) is 25.3 Å². The van der Waals surface area contributed by atoms with Crippen molar-refractivity contribution in [3.05, 3.63) is 35.9 Å². The summed E-state index contributed by atoms with van der Waals surface area (Å²) in [7, 11) is 1.92. The maximum Gasteiger partial charge on any atom is 0.227 e. The van der Waals surface area contributed by atoms with Gasteiger partial charge in [-0.2, -0.15) is 0 Å². The Labute approximate surface area is 115 Å². The van der Waals surface area contributed by atoms with Crippen molar-refractivity contribution >= 4 is 5.91 Å². The topological polar surface area (TPSA) is 46.3 Å². The third-order valence-electron chi connectivity index (χ3n) is 4.22. The average Bonchev–Trinajstić information content (AvgIpc) is 3.28. The zero-order valence-corrected chi connectivity index (χ0v) is 11.9. The summed E-state index contributed by atoms with van der Waals surface area (Å²) in [5.41, 5.74) is 6.98. The smallest absolute Gasteiger partial charge is 0.227 e. The highest BCUT2D eigenvalue weighted by atomic mass is 16.2. The van der Waals surface area contributed by atoms with E-state index in [0.717, 1.165) is 6.42 Å². The highest BCUT2D eigenvalue weighted by Gasteiger charge is 2.34. The predicted molar refractivity (Wildman–Crippen MR) is 77.6 cm³/mol. The molecule has 1 aliphatic rings. The maximum absolute atomic E-state index is 12.5. The van der Waals surface area contributed by atoms with Crippen molar-refractivity contribution in [2.24, 2.45) is 17.6 Å². The van der Waals surface area contributed by atoms with E-state index in [9.17, 15) is 4.79 Å². The fraction of sp³-hybridized carbons (Fsp3) is 0.562. The first-order chi connectivity index (χ1) is 9.13. The number of nitrogens with zero attached hydrogens (tertiary/aromatic N) is 1. The molecule has 1 aromatic rings. The summed E-state index contributed by atoms with van der Waals surface area (Å²) < 4.78 is 0. The predicted octanol–water partition coefficient (Wildman–Crippen LogP) is 2.06. The third kappa shape index (κ3) is 3.57. The van der Waals surface area contributed by atoms with Crippen LogP contribution in [0.5, 0.6) is 0 Å². The minimum atomic E-state index is -0.103. The maximum atomic E-state index is 12.5. The van der Waals surface area contributed by atoms with Crippen LogP contribution in [-0.4, -0.2) is 30.4 Å². The molecule has 1 saturated carbocycles. The first kappa shape index (κ1) is 14.1. The minimum absolute atomic E-state index is 0.103. The molecule has 2 atom stereocenters. The highest BCUT2D eigenvalue weighted by molar-refractivity contribution is 5.79. The van der Waals surface area contributed by atoms with Gasteiger partial charge in [-0.1, -0.05) is 30.3 Å². The summed E-state index contributed by atoms with van der Waals surface area (Å²) in [6, 6.07) is 10.5. The van der Waals surface area contributed by atoms with E-state index in [1.54, 1.807) is 0 Å². The molecule has 0 bridgehead atoms. The van der Waals surface area contributed by atoms with Crippen LogP contribution in [-0.2, 0) is 11.2 Å². The molecule has 0 heterocycles. The Balaban J connectivity index is 1.98. The summed E-state index contributed by atoms with van der Waals surface area (Å²) in [5.74, 6) is 0.781. The molecule has 1 aliphatic carbocycles. The van der Waals surface area contributed by atoms with E-state index >= 15 is 0 Å². The van der Waals surface area contributed by atoms with E-state index in [2.05, 4.69) is 19.1 Å². The molecule has 3 nitrogen and oxygen atoms in total. The molecule has 19 heavy (non-hydrogen) atoms. The Kier molecular flexibility index (Phi) is 4.59. The van der Waals surface area contributed by atoms with Crippen LogP contribution in [0.2, 0.25) is 0 Å². The van der Waals surface area contributed by atoms with Gasteiger partial charge in [0.15, 0.2) is 0 Å². The molecular weight excluding hydrogens is 236 g/mol. The minimum Gasteiger partial charge on any atom is -0.342 e. The lowest BCUT2D eigenvalue weighted by atomic mass is 9.97. The van der Waals surface area contributed by atoms with Gasteiger partial charge in [-0.25, -0.2) is 0 Å². The Morgan fingerprint density at radius 2 is 2.00 bits per heavy atom. The van der Waals surface area contributed by atoms with E-state index in [4.69, 9.17) is 5.73 Å². The molecule has 104 valence electrons. The summed E-state index contributed by atoms with van der Waals surface area (Å²) in [4.78, 5) is 14.4. The first-order valence-corrected chi connectivity index (χ1v) is 7.14. The number of nitrogens with two attached hydrogens (primary N) is 1. The molecule has 2 rings (SSSR count). The number of rotatable bonds is 6. The quantitative estimate of drug-likeness (QED) is 0.851. The summed E-state index contributed by atoms with van der Waals surface area (Å²) in [6.07, 6.45) is 3.24. The van der Waals surface area contributed by atoms with Crippen molar-refractivity contribution in [1.29, 1.82) is 0 Å². The van der Waals surface area contributed by atoms with Gasteiger partial charge in [-0.15, -0.1) is 0 Å². The number of benzene rings is 1. The molecule has 0 spiro atoms. The van der Waals surface area contributed by atoms with Crippen molar-refractivity contribution in [3.63, 3.8) is 0 Å². The molecule has 1 amide bonds. The lowest BCUT2D eigenvalue weighted by Crippen LogP contribution is -2.43. The zero-order chi connectivity index (χ0) is 13.8. The van der Waals surface area contributed by atoms with Crippen LogP contribution in [0.15, 0.2) is 30.3 Å². The molecule has 2 unspecified atom stereocenters. The second kappa shape index (κ2) is 6.20. The Bertz CT molecular complexity index is 414. The normalized spacial score (nSPS) is 17.8. The molecule has 3 heteroatoms. The molecular formula is C16H24N2O. The van der Waals surface area contributed by atoms with Crippen LogP contribution < -0.4 is 5.73 Å². The van der Waals surface area contributed by atoms with E-state index in [-0.39, 0.29) is 11.8 Å². The van der Waals surface area contributed by atoms with Gasteiger partial charge in [-0.05, 0) is 37.7 Å². The van der Waals surface area contributed by atoms with Gasteiger partial charge in [0.1, 0.15) is 0 Å². The number of carbonyl (C=O) groups excluding carboxylic acids is 1. The second-order valence-corrected chi connectivity index (χ2v) is 5.65. The average molecular weight is 260 g/mol. The van der Waals surface area contributed by atoms with E-state index in [1.807, 2.05) is 30.1 Å². The van der Waals surface area contributed by atoms with Crippen LogP contribution in [0.25, 0.3) is 0 Å². The fourth-order valence-corrected chi connectivity index (χ4v) is 2.55. The molecule has 0 radical (unpaired) electrons. The lowest BCUT2D eigenvalue weighted by Gasteiger charge is -2.28. The number of amides is 1. The van der Waals surface area contributed by atoms with Crippen molar-refractivity contribution in [1.82, 2.24) is 4.90 Å². The molecule has 0 saturated heterocycles. The van der Waals surface area contributed by atoms with E-state index < -0.39 is 0 Å². The monoisotopic (exact) mass is 260 g/mol. The fourth-order valence-electron chi connectivity index (χ4n) is 2.55. The van der Waals surface area contributed by atoms with Gasteiger partial charge in [0.2, 0.25) is 5.91 Å². The summed E-state index contributed by atoms with van der Waals surface area (Å²) in [6.45, 7) is 2.56. The van der Waals surface area contributed by atoms with Gasteiger partial charge in [-0.3, -0.25) is 4.79 Å². The Hall–Kier alpha value is -1.35. The van der Waals surface area contributed by atoms with Gasteiger partial charge in [0.25, 0.3) is 0 Å². The molecule has 0 aromatic heterocycles. The first-order valence-electron chi connectivity index (χ1n) is 7.14. The van der Waals surface area contributed by atoms with Crippen LogP contribution in [0.3, 0.4) is 0 Å².